The van der Waals surface area contributed by atoms with E-state index in [4.69, 9.17) is 4.74 Å². The van der Waals surface area contributed by atoms with Gasteiger partial charge in [-0.1, -0.05) is 36.4 Å². The van der Waals surface area contributed by atoms with Crippen LogP contribution in [0.1, 0.15) is 22.6 Å². The van der Waals surface area contributed by atoms with E-state index in [9.17, 15) is 20.8 Å². The van der Waals surface area contributed by atoms with Gasteiger partial charge in [-0.05, 0) is 41.0 Å². The highest BCUT2D eigenvalue weighted by atomic mass is 16.8. The van der Waals surface area contributed by atoms with Crippen LogP contribution in [0.3, 0.4) is 0 Å². The number of nitrogens with one attached hydrogen (secondary N) is 2. The average molecular weight is 444 g/mol. The van der Waals surface area contributed by atoms with E-state index in [1.165, 1.54) is 19.2 Å². The molecule has 2 aromatic heterocycles. The molecule has 168 valence electrons. The zero-order chi connectivity index (χ0) is 23.1. The number of hydrogen-bond acceptors (Lipinski definition) is 7. The summed E-state index contributed by atoms with van der Waals surface area (Å²) in [4.78, 5) is 6.54. The Hall–Kier alpha value is -4.02. The first kappa shape index (κ1) is 20.9. The number of aromatic nitrogens is 2. The van der Waals surface area contributed by atoms with Gasteiger partial charge in [0.25, 0.3) is 0 Å². The molecule has 0 atom stereocenters. The van der Waals surface area contributed by atoms with Crippen molar-refractivity contribution >= 4 is 33.2 Å². The van der Waals surface area contributed by atoms with Crippen LogP contribution in [-0.2, 0) is 0 Å². The molecule has 5 aromatic rings. The predicted octanol–water partition coefficient (Wildman–Crippen LogP) is 5.22. The van der Waals surface area contributed by atoms with Crippen molar-refractivity contribution in [1.82, 2.24) is 9.97 Å². The van der Waals surface area contributed by atoms with Crippen LogP contribution in [0.5, 0.6) is 5.75 Å². The summed E-state index contributed by atoms with van der Waals surface area (Å²) in [5, 5.41) is 44.5. The van der Waals surface area contributed by atoms with Gasteiger partial charge in [-0.2, -0.15) is 0 Å². The molecule has 3 aromatic carbocycles. The van der Waals surface area contributed by atoms with Crippen molar-refractivity contribution in [2.45, 2.75) is 5.92 Å². The van der Waals surface area contributed by atoms with Crippen molar-refractivity contribution in [1.29, 1.82) is 0 Å². The van der Waals surface area contributed by atoms with Crippen LogP contribution in [0.2, 0.25) is 0 Å². The van der Waals surface area contributed by atoms with Gasteiger partial charge in [0.1, 0.15) is 5.69 Å². The monoisotopic (exact) mass is 444 g/mol. The molecule has 4 N–H and O–H groups in total. The maximum absolute atomic E-state index is 11.9. The lowest BCUT2D eigenvalue weighted by atomic mass is 9.84. The minimum Gasteiger partial charge on any atom is -0.769 e. The summed E-state index contributed by atoms with van der Waals surface area (Å²) in [6.07, 6.45) is 3.75. The summed E-state index contributed by atoms with van der Waals surface area (Å²) in [7, 11) is 1.24. The van der Waals surface area contributed by atoms with Gasteiger partial charge in [-0.3, -0.25) is 10.4 Å². The normalized spacial score (nSPS) is 11.5. The number of methoxy groups -OCH3 is 1. The topological polar surface area (TPSA) is 134 Å². The Kier molecular flexibility index (Phi) is 5.15. The number of H-pyrrole nitrogens is 2. The molecule has 0 aliphatic carbocycles. The van der Waals surface area contributed by atoms with Gasteiger partial charge >= 0.3 is 0 Å². The van der Waals surface area contributed by atoms with Gasteiger partial charge in [0, 0.05) is 40.1 Å². The third-order valence-corrected chi connectivity index (χ3v) is 5.89. The molecular formula is C24H20N4O5-2. The predicted molar refractivity (Wildman–Crippen MR) is 126 cm³/mol. The second kappa shape index (κ2) is 8.15. The molecule has 5 rings (SSSR count). The fourth-order valence-corrected chi connectivity index (χ4v) is 4.47. The number of ether oxygens (including phenoxy) is 1. The molecule has 0 saturated carbocycles. The molecule has 9 nitrogen and oxygen atoms in total. The quantitative estimate of drug-likeness (QED) is 0.264. The number of rotatable bonds is 6. The number of hydrogen-bond donors (Lipinski definition) is 4. The van der Waals surface area contributed by atoms with Gasteiger partial charge in [0.05, 0.1) is 12.8 Å². The van der Waals surface area contributed by atoms with Gasteiger partial charge in [0.15, 0.2) is 5.75 Å². The third kappa shape index (κ3) is 3.45. The van der Waals surface area contributed by atoms with Crippen molar-refractivity contribution in [3.63, 3.8) is 0 Å². The van der Waals surface area contributed by atoms with E-state index >= 15 is 0 Å². The molecular weight excluding hydrogens is 424 g/mol. The second-order valence-corrected chi connectivity index (χ2v) is 7.65. The maximum atomic E-state index is 11.9. The lowest BCUT2D eigenvalue weighted by Gasteiger charge is -2.39. The number of para-hydroxylation sites is 2. The Morgan fingerprint density at radius 1 is 0.818 bits per heavy atom. The molecule has 0 bridgehead atoms. The Morgan fingerprint density at radius 3 is 1.82 bits per heavy atom. The van der Waals surface area contributed by atoms with Crippen molar-refractivity contribution in [2.24, 2.45) is 0 Å². The molecule has 0 radical (unpaired) electrons. The number of fused-ring (bicyclic) bond motifs is 2. The fraction of sp³-hybridized carbons (Fsp3) is 0.0833. The Bertz CT molecular complexity index is 1340. The third-order valence-electron chi connectivity index (χ3n) is 5.89. The van der Waals surface area contributed by atoms with Crippen molar-refractivity contribution in [2.75, 3.05) is 17.6 Å². The van der Waals surface area contributed by atoms with E-state index in [0.29, 0.717) is 5.56 Å². The van der Waals surface area contributed by atoms with Crippen molar-refractivity contribution in [3.8, 4) is 5.75 Å². The summed E-state index contributed by atoms with van der Waals surface area (Å²) in [5.74, 6) is -0.703. The Morgan fingerprint density at radius 2 is 1.33 bits per heavy atom. The first-order valence-corrected chi connectivity index (χ1v) is 10.2. The van der Waals surface area contributed by atoms with Crippen LogP contribution in [0.25, 0.3) is 21.8 Å². The van der Waals surface area contributed by atoms with Crippen LogP contribution in [-0.4, -0.2) is 27.5 Å². The largest absolute Gasteiger partial charge is 0.769 e. The molecule has 0 saturated heterocycles. The van der Waals surface area contributed by atoms with Gasteiger partial charge < -0.3 is 30.3 Å². The summed E-state index contributed by atoms with van der Waals surface area (Å²) in [6, 6.07) is 18.5. The highest BCUT2D eigenvalue weighted by Gasteiger charge is 2.26. The minimum atomic E-state index is -0.600. The first-order chi connectivity index (χ1) is 16.0. The molecule has 0 unspecified atom stereocenters. The molecule has 9 heteroatoms. The number of benzene rings is 3. The van der Waals surface area contributed by atoms with Gasteiger partial charge in [0.2, 0.25) is 0 Å². The zero-order valence-electron chi connectivity index (χ0n) is 17.5. The highest BCUT2D eigenvalue weighted by Crippen LogP contribution is 2.45. The van der Waals surface area contributed by atoms with Crippen LogP contribution < -0.4 is 15.2 Å². The van der Waals surface area contributed by atoms with E-state index in [2.05, 4.69) is 9.97 Å². The van der Waals surface area contributed by atoms with Crippen LogP contribution in [0.4, 0.5) is 11.4 Å². The van der Waals surface area contributed by atoms with Crippen molar-refractivity contribution in [3.05, 3.63) is 100 Å². The SMILES string of the molecule is COc1c(N([O-])[O-])cc(C(c2c[nH]c3ccccc23)c2c[nH]c3ccccc23)cc1N(O)O. The fourth-order valence-electron chi connectivity index (χ4n) is 4.47. The van der Waals surface area contributed by atoms with Gasteiger partial charge in [-0.15, -0.1) is 5.23 Å². The first-order valence-electron chi connectivity index (χ1n) is 10.2. The van der Waals surface area contributed by atoms with E-state index in [0.717, 1.165) is 32.9 Å². The zero-order valence-corrected chi connectivity index (χ0v) is 17.5. The lowest BCUT2D eigenvalue weighted by Crippen LogP contribution is -2.16. The van der Waals surface area contributed by atoms with Crippen LogP contribution in [0, 0.1) is 10.4 Å². The Balaban J connectivity index is 1.84. The van der Waals surface area contributed by atoms with E-state index in [-0.39, 0.29) is 22.4 Å². The maximum Gasteiger partial charge on any atom is 0.168 e. The molecule has 33 heavy (non-hydrogen) atoms. The van der Waals surface area contributed by atoms with E-state index in [1.807, 2.05) is 60.9 Å². The lowest BCUT2D eigenvalue weighted by molar-refractivity contribution is 0.0279. The standard InChI is InChI=1S/C24H20N4O5/c1-33-24-21(27(29)30)10-14(11-22(24)28(31)32)23(17-12-25-19-8-4-2-6-15(17)19)18-13-26-20-9-5-3-7-16(18)20/h2-13,23,25-26,29-30H,1H3/q-2. The summed E-state index contributed by atoms with van der Waals surface area (Å²) in [6.45, 7) is 0. The molecule has 0 fully saturated rings. The molecule has 2 heterocycles. The van der Waals surface area contributed by atoms with Crippen molar-refractivity contribution < 1.29 is 15.2 Å². The van der Waals surface area contributed by atoms with Gasteiger partial charge in [-0.25, -0.2) is 0 Å². The van der Waals surface area contributed by atoms with Crippen LogP contribution >= 0.6 is 0 Å². The molecule has 0 aliphatic rings. The molecule has 0 amide bonds. The summed E-state index contributed by atoms with van der Waals surface area (Å²) < 4.78 is 5.14. The summed E-state index contributed by atoms with van der Waals surface area (Å²) >= 11 is 0. The molecule has 0 aliphatic heterocycles. The average Bonchev–Trinajstić information content (AvgIpc) is 3.44. The number of aromatic amines is 2. The summed E-state index contributed by atoms with van der Waals surface area (Å²) in [5.41, 5.74) is 3.53. The second-order valence-electron chi connectivity index (χ2n) is 7.65. The Labute approximate surface area is 188 Å². The van der Waals surface area contributed by atoms with E-state index in [1.54, 1.807) is 0 Å². The smallest absolute Gasteiger partial charge is 0.168 e. The van der Waals surface area contributed by atoms with E-state index < -0.39 is 11.1 Å². The number of nitrogens with zero attached hydrogens (tertiary/aromatic N) is 2. The highest BCUT2D eigenvalue weighted by molar-refractivity contribution is 5.89. The minimum absolute atomic E-state index is 0.156. The number of anilines is 2. The molecule has 0 spiro atoms. The van der Waals surface area contributed by atoms with Crippen LogP contribution in [0.15, 0.2) is 73.1 Å².